The van der Waals surface area contributed by atoms with Crippen molar-refractivity contribution in [3.05, 3.63) is 27.2 Å². The first-order valence-electron chi connectivity index (χ1n) is 7.60. The molecular formula is C14H21ClN6O3. The number of nitrogens with one attached hydrogen (secondary N) is 2. The lowest BCUT2D eigenvalue weighted by Gasteiger charge is -2.23. The first kappa shape index (κ1) is 18.2. The Kier molecular flexibility index (Phi) is 5.45. The fourth-order valence-electron chi connectivity index (χ4n) is 2.93. The van der Waals surface area contributed by atoms with Crippen molar-refractivity contribution in [1.82, 2.24) is 29.3 Å². The minimum Gasteiger partial charge on any atom is -0.351 e. The highest BCUT2D eigenvalue weighted by Crippen LogP contribution is 2.03. The van der Waals surface area contributed by atoms with Gasteiger partial charge in [0.25, 0.3) is 5.56 Å². The van der Waals surface area contributed by atoms with E-state index in [0.29, 0.717) is 17.7 Å². The van der Waals surface area contributed by atoms with Crippen molar-refractivity contribution >= 4 is 29.5 Å². The normalized spacial score (nSPS) is 17.5. The van der Waals surface area contributed by atoms with Gasteiger partial charge in [0, 0.05) is 26.7 Å². The summed E-state index contributed by atoms with van der Waals surface area (Å²) in [5, 5.41) is 6.07. The molecule has 0 bridgehead atoms. The van der Waals surface area contributed by atoms with E-state index in [0.717, 1.165) is 24.0 Å². The van der Waals surface area contributed by atoms with Crippen molar-refractivity contribution in [2.45, 2.75) is 25.4 Å². The van der Waals surface area contributed by atoms with Crippen LogP contribution < -0.4 is 21.9 Å². The quantitative estimate of drug-likeness (QED) is 0.713. The summed E-state index contributed by atoms with van der Waals surface area (Å²) in [7, 11) is 3.22. The minimum atomic E-state index is -0.543. The number of hydrogen-bond donors (Lipinski definition) is 2. The van der Waals surface area contributed by atoms with Gasteiger partial charge in [0.2, 0.25) is 5.91 Å². The molecule has 9 nitrogen and oxygen atoms in total. The number of hydrogen-bond acceptors (Lipinski definition) is 5. The van der Waals surface area contributed by atoms with E-state index < -0.39 is 11.2 Å². The number of aromatic nitrogens is 4. The zero-order chi connectivity index (χ0) is 16.6. The zero-order valence-electron chi connectivity index (χ0n) is 13.6. The van der Waals surface area contributed by atoms with E-state index in [1.165, 1.54) is 17.9 Å². The van der Waals surface area contributed by atoms with E-state index in [2.05, 4.69) is 15.6 Å². The van der Waals surface area contributed by atoms with Crippen molar-refractivity contribution < 1.29 is 4.79 Å². The summed E-state index contributed by atoms with van der Waals surface area (Å²) in [6.45, 7) is 1.37. The average Bonchev–Trinajstić information content (AvgIpc) is 2.92. The maximum Gasteiger partial charge on any atom is 0.332 e. The molecule has 1 amide bonds. The lowest BCUT2D eigenvalue weighted by molar-refractivity contribution is -0.122. The molecule has 3 rings (SSSR count). The number of halogens is 1. The maximum atomic E-state index is 12.5. The van der Waals surface area contributed by atoms with Crippen LogP contribution in [-0.4, -0.2) is 43.7 Å². The summed E-state index contributed by atoms with van der Waals surface area (Å²) in [4.78, 5) is 41.1. The average molecular weight is 357 g/mol. The lowest BCUT2D eigenvalue weighted by atomic mass is 10.1. The van der Waals surface area contributed by atoms with Crippen LogP contribution in [0.5, 0.6) is 0 Å². The topological polar surface area (TPSA) is 103 Å². The van der Waals surface area contributed by atoms with Crippen molar-refractivity contribution in [3.63, 3.8) is 0 Å². The SMILES string of the molecule is Cl.Cn1cnc2c1c(=O)n(CC(=O)N[C@H]1CCCNC1)c(=O)n2C. The summed E-state index contributed by atoms with van der Waals surface area (Å²) >= 11 is 0. The number of carbonyl (C=O) groups excluding carboxylic acids is 1. The number of carbonyl (C=O) groups is 1. The van der Waals surface area contributed by atoms with Crippen LogP contribution in [0.3, 0.4) is 0 Å². The molecule has 3 heterocycles. The minimum absolute atomic E-state index is 0. The summed E-state index contributed by atoms with van der Waals surface area (Å²) in [6, 6.07) is 0.0382. The van der Waals surface area contributed by atoms with Gasteiger partial charge < -0.3 is 15.2 Å². The van der Waals surface area contributed by atoms with Crippen LogP contribution in [0.25, 0.3) is 11.2 Å². The molecule has 132 valence electrons. The molecule has 0 aliphatic carbocycles. The van der Waals surface area contributed by atoms with Crippen molar-refractivity contribution in [3.8, 4) is 0 Å². The second-order valence-electron chi connectivity index (χ2n) is 5.87. The summed E-state index contributed by atoms with van der Waals surface area (Å²) in [5.74, 6) is -0.334. The second kappa shape index (κ2) is 7.18. The first-order valence-corrected chi connectivity index (χ1v) is 7.60. The monoisotopic (exact) mass is 356 g/mol. The highest BCUT2D eigenvalue weighted by Gasteiger charge is 2.19. The van der Waals surface area contributed by atoms with E-state index in [4.69, 9.17) is 0 Å². The van der Waals surface area contributed by atoms with Crippen LogP contribution in [-0.2, 0) is 25.4 Å². The maximum absolute atomic E-state index is 12.5. The molecular weight excluding hydrogens is 336 g/mol. The number of aryl methyl sites for hydroxylation is 2. The van der Waals surface area contributed by atoms with Gasteiger partial charge in [0.05, 0.1) is 6.33 Å². The Hall–Kier alpha value is -2.13. The third kappa shape index (κ3) is 3.22. The second-order valence-corrected chi connectivity index (χ2v) is 5.87. The van der Waals surface area contributed by atoms with Gasteiger partial charge in [-0.25, -0.2) is 14.3 Å². The molecule has 1 atom stereocenters. The Morgan fingerprint density at radius 3 is 2.83 bits per heavy atom. The molecule has 2 aromatic rings. The number of imidazole rings is 1. The van der Waals surface area contributed by atoms with Gasteiger partial charge in [-0.15, -0.1) is 12.4 Å². The highest BCUT2D eigenvalue weighted by molar-refractivity contribution is 5.85. The Balaban J connectivity index is 0.00000208. The molecule has 1 aliphatic rings. The fraction of sp³-hybridized carbons (Fsp3) is 0.571. The molecule has 2 N–H and O–H groups in total. The predicted molar refractivity (Wildman–Crippen MR) is 91.5 cm³/mol. The molecule has 0 radical (unpaired) electrons. The summed E-state index contributed by atoms with van der Waals surface area (Å²) in [6.07, 6.45) is 3.36. The smallest absolute Gasteiger partial charge is 0.332 e. The third-order valence-electron chi connectivity index (χ3n) is 4.16. The van der Waals surface area contributed by atoms with E-state index in [1.54, 1.807) is 11.6 Å². The molecule has 1 saturated heterocycles. The molecule has 1 aliphatic heterocycles. The Bertz CT molecular complexity index is 862. The van der Waals surface area contributed by atoms with Gasteiger partial charge >= 0.3 is 5.69 Å². The molecule has 2 aromatic heterocycles. The Morgan fingerprint density at radius 1 is 1.42 bits per heavy atom. The van der Waals surface area contributed by atoms with Gasteiger partial charge in [-0.2, -0.15) is 0 Å². The van der Waals surface area contributed by atoms with Crippen molar-refractivity contribution in [2.24, 2.45) is 14.1 Å². The van der Waals surface area contributed by atoms with E-state index in [1.807, 2.05) is 0 Å². The Morgan fingerprint density at radius 2 is 2.17 bits per heavy atom. The number of piperidine rings is 1. The van der Waals surface area contributed by atoms with Crippen LogP contribution in [0.2, 0.25) is 0 Å². The molecule has 0 aromatic carbocycles. The van der Waals surface area contributed by atoms with Crippen LogP contribution in [0.4, 0.5) is 0 Å². The standard InChI is InChI=1S/C14H20N6O3.ClH/c1-18-8-16-12-11(18)13(22)20(14(23)19(12)2)7-10(21)17-9-4-3-5-15-6-9;/h8-9,15H,3-7H2,1-2H3,(H,17,21);1H/t9-;/m0./s1. The number of nitrogens with zero attached hydrogens (tertiary/aromatic N) is 4. The number of rotatable bonds is 3. The van der Waals surface area contributed by atoms with Crippen LogP contribution in [0.15, 0.2) is 15.9 Å². The van der Waals surface area contributed by atoms with Crippen molar-refractivity contribution in [1.29, 1.82) is 0 Å². The van der Waals surface area contributed by atoms with E-state index in [-0.39, 0.29) is 30.9 Å². The van der Waals surface area contributed by atoms with Gasteiger partial charge in [0.1, 0.15) is 6.54 Å². The molecule has 0 unspecified atom stereocenters. The summed E-state index contributed by atoms with van der Waals surface area (Å²) < 4.78 is 3.79. The Labute approximate surface area is 144 Å². The molecule has 10 heteroatoms. The summed E-state index contributed by atoms with van der Waals surface area (Å²) in [5.41, 5.74) is -0.423. The largest absolute Gasteiger partial charge is 0.351 e. The van der Waals surface area contributed by atoms with Crippen LogP contribution >= 0.6 is 12.4 Å². The fourth-order valence-corrected chi connectivity index (χ4v) is 2.93. The van der Waals surface area contributed by atoms with Crippen LogP contribution in [0, 0.1) is 0 Å². The molecule has 0 spiro atoms. The van der Waals surface area contributed by atoms with Gasteiger partial charge in [0.15, 0.2) is 11.2 Å². The van der Waals surface area contributed by atoms with Gasteiger partial charge in [-0.1, -0.05) is 0 Å². The van der Waals surface area contributed by atoms with Gasteiger partial charge in [-0.3, -0.25) is 14.2 Å². The van der Waals surface area contributed by atoms with Gasteiger partial charge in [-0.05, 0) is 19.4 Å². The molecule has 24 heavy (non-hydrogen) atoms. The highest BCUT2D eigenvalue weighted by atomic mass is 35.5. The predicted octanol–water partition coefficient (Wildman–Crippen LogP) is -1.28. The van der Waals surface area contributed by atoms with Crippen molar-refractivity contribution in [2.75, 3.05) is 13.1 Å². The number of amides is 1. The molecule has 1 fully saturated rings. The lowest BCUT2D eigenvalue weighted by Crippen LogP contribution is -2.49. The molecule has 0 saturated carbocycles. The van der Waals surface area contributed by atoms with Crippen LogP contribution in [0.1, 0.15) is 12.8 Å². The first-order chi connectivity index (χ1) is 11.0. The number of fused-ring (bicyclic) bond motifs is 1. The third-order valence-corrected chi connectivity index (χ3v) is 4.16. The van der Waals surface area contributed by atoms with E-state index in [9.17, 15) is 14.4 Å². The van der Waals surface area contributed by atoms with E-state index >= 15 is 0 Å². The zero-order valence-corrected chi connectivity index (χ0v) is 14.4.